The molecule has 0 aliphatic carbocycles. The number of aromatic nitrogens is 4. The summed E-state index contributed by atoms with van der Waals surface area (Å²) >= 11 is 1.26. The predicted octanol–water partition coefficient (Wildman–Crippen LogP) is 6.17. The fraction of sp³-hybridized carbons (Fsp3) is 0.154. The Balaban J connectivity index is 1.63. The van der Waals surface area contributed by atoms with Gasteiger partial charge in [0.15, 0.2) is 0 Å². The normalized spacial score (nSPS) is 11.7. The Morgan fingerprint density at radius 3 is 2.50 bits per heavy atom. The SMILES string of the molecule is COc1ccc(-c2c(C)n(Cc3ccc4nsnc4c3)c3c4ccccc4n(C)c23)cc1. The number of para-hydroxylation sites is 1. The van der Waals surface area contributed by atoms with Gasteiger partial charge in [-0.2, -0.15) is 8.75 Å². The third-order valence-electron chi connectivity index (χ3n) is 6.39. The molecular formula is C26H22N4OS. The lowest BCUT2D eigenvalue weighted by molar-refractivity contribution is 0.415. The molecule has 0 unspecified atom stereocenters. The maximum atomic E-state index is 5.39. The largest absolute Gasteiger partial charge is 0.497 e. The molecule has 3 aromatic heterocycles. The summed E-state index contributed by atoms with van der Waals surface area (Å²) in [6.07, 6.45) is 0. The zero-order valence-electron chi connectivity index (χ0n) is 18.2. The minimum Gasteiger partial charge on any atom is -0.497 e. The van der Waals surface area contributed by atoms with Gasteiger partial charge in [-0.15, -0.1) is 0 Å². The van der Waals surface area contributed by atoms with Crippen LogP contribution in [0.3, 0.4) is 0 Å². The van der Waals surface area contributed by atoms with E-state index in [0.29, 0.717) is 0 Å². The van der Waals surface area contributed by atoms with E-state index in [1.54, 1.807) is 7.11 Å². The summed E-state index contributed by atoms with van der Waals surface area (Å²) in [5, 5.41) is 1.27. The number of aryl methyl sites for hydroxylation is 1. The molecule has 0 bridgehead atoms. The molecule has 0 N–H and O–H groups in total. The number of ether oxygens (including phenoxy) is 1. The van der Waals surface area contributed by atoms with Crippen molar-refractivity contribution in [1.29, 1.82) is 0 Å². The average Bonchev–Trinajstić information content (AvgIpc) is 3.48. The summed E-state index contributed by atoms with van der Waals surface area (Å²) in [6, 6.07) is 23.4. The highest BCUT2D eigenvalue weighted by atomic mass is 32.1. The lowest BCUT2D eigenvalue weighted by Crippen LogP contribution is -2.02. The van der Waals surface area contributed by atoms with Crippen LogP contribution in [-0.4, -0.2) is 25.0 Å². The van der Waals surface area contributed by atoms with Crippen molar-refractivity contribution < 1.29 is 4.74 Å². The second kappa shape index (κ2) is 7.21. The fourth-order valence-corrected chi connectivity index (χ4v) is 5.33. The van der Waals surface area contributed by atoms with Crippen LogP contribution in [0.25, 0.3) is 44.1 Å². The number of methoxy groups -OCH3 is 1. The molecule has 6 heteroatoms. The maximum Gasteiger partial charge on any atom is 0.118 e. The van der Waals surface area contributed by atoms with E-state index in [9.17, 15) is 0 Å². The molecule has 0 radical (unpaired) electrons. The van der Waals surface area contributed by atoms with Crippen LogP contribution >= 0.6 is 11.7 Å². The van der Waals surface area contributed by atoms with Crippen molar-refractivity contribution in [3.05, 3.63) is 78.0 Å². The van der Waals surface area contributed by atoms with Gasteiger partial charge in [-0.05, 0) is 48.4 Å². The van der Waals surface area contributed by atoms with Crippen LogP contribution in [-0.2, 0) is 13.6 Å². The fourth-order valence-electron chi connectivity index (χ4n) is 4.82. The van der Waals surface area contributed by atoms with Gasteiger partial charge in [0.05, 0.1) is 35.4 Å². The Morgan fingerprint density at radius 1 is 0.906 bits per heavy atom. The Labute approximate surface area is 189 Å². The van der Waals surface area contributed by atoms with E-state index in [-0.39, 0.29) is 0 Å². The van der Waals surface area contributed by atoms with E-state index in [1.165, 1.54) is 56.0 Å². The molecule has 0 saturated heterocycles. The van der Waals surface area contributed by atoms with Gasteiger partial charge < -0.3 is 13.9 Å². The summed E-state index contributed by atoms with van der Waals surface area (Å²) in [4.78, 5) is 0. The van der Waals surface area contributed by atoms with Crippen molar-refractivity contribution in [2.75, 3.05) is 7.11 Å². The van der Waals surface area contributed by atoms with Crippen molar-refractivity contribution in [3.63, 3.8) is 0 Å². The average molecular weight is 439 g/mol. The first-order chi connectivity index (χ1) is 15.7. The Morgan fingerprint density at radius 2 is 1.69 bits per heavy atom. The van der Waals surface area contributed by atoms with Gasteiger partial charge in [0.1, 0.15) is 16.8 Å². The van der Waals surface area contributed by atoms with E-state index < -0.39 is 0 Å². The van der Waals surface area contributed by atoms with Gasteiger partial charge in [-0.1, -0.05) is 36.4 Å². The molecule has 5 nitrogen and oxygen atoms in total. The Kier molecular flexibility index (Phi) is 4.30. The van der Waals surface area contributed by atoms with Crippen molar-refractivity contribution in [2.24, 2.45) is 7.05 Å². The molecular weight excluding hydrogens is 416 g/mol. The molecule has 3 aromatic carbocycles. The summed E-state index contributed by atoms with van der Waals surface area (Å²) in [7, 11) is 3.86. The summed E-state index contributed by atoms with van der Waals surface area (Å²) < 4.78 is 18.9. The zero-order chi connectivity index (χ0) is 21.8. The number of fused-ring (bicyclic) bond motifs is 4. The van der Waals surface area contributed by atoms with E-state index in [4.69, 9.17) is 4.74 Å². The minimum atomic E-state index is 0.778. The minimum absolute atomic E-state index is 0.778. The predicted molar refractivity (Wildman–Crippen MR) is 132 cm³/mol. The maximum absolute atomic E-state index is 5.39. The van der Waals surface area contributed by atoms with Crippen LogP contribution in [0, 0.1) is 6.92 Å². The molecule has 6 rings (SSSR count). The van der Waals surface area contributed by atoms with Crippen LogP contribution in [0.1, 0.15) is 11.3 Å². The number of hydrogen-bond donors (Lipinski definition) is 0. The van der Waals surface area contributed by atoms with E-state index in [1.807, 2.05) is 12.1 Å². The highest BCUT2D eigenvalue weighted by Gasteiger charge is 2.22. The van der Waals surface area contributed by atoms with Crippen molar-refractivity contribution >= 4 is 44.7 Å². The van der Waals surface area contributed by atoms with Crippen molar-refractivity contribution in [3.8, 4) is 16.9 Å². The van der Waals surface area contributed by atoms with Crippen molar-refractivity contribution in [2.45, 2.75) is 13.5 Å². The molecule has 3 heterocycles. The second-order valence-corrected chi connectivity index (χ2v) is 8.66. The van der Waals surface area contributed by atoms with Gasteiger partial charge in [0, 0.05) is 30.2 Å². The molecule has 6 aromatic rings. The summed E-state index contributed by atoms with van der Waals surface area (Å²) in [5.74, 6) is 0.865. The third kappa shape index (κ3) is 2.76. The van der Waals surface area contributed by atoms with Gasteiger partial charge in [0.2, 0.25) is 0 Å². The van der Waals surface area contributed by atoms with E-state index in [2.05, 4.69) is 86.4 Å². The first kappa shape index (κ1) is 19.1. The van der Waals surface area contributed by atoms with Crippen LogP contribution in [0.4, 0.5) is 0 Å². The third-order valence-corrected chi connectivity index (χ3v) is 6.95. The highest BCUT2D eigenvalue weighted by molar-refractivity contribution is 7.00. The highest BCUT2D eigenvalue weighted by Crippen LogP contribution is 2.40. The lowest BCUT2D eigenvalue weighted by Gasteiger charge is -2.11. The molecule has 0 saturated carbocycles. The number of benzene rings is 3. The topological polar surface area (TPSA) is 44.9 Å². The quantitative estimate of drug-likeness (QED) is 0.331. The number of hydrogen-bond acceptors (Lipinski definition) is 4. The van der Waals surface area contributed by atoms with Crippen LogP contribution in [0.2, 0.25) is 0 Å². The summed E-state index contributed by atoms with van der Waals surface area (Å²) in [5.41, 5.74) is 10.6. The molecule has 0 spiro atoms. The Hall–Kier alpha value is -3.64. The first-order valence-electron chi connectivity index (χ1n) is 10.6. The van der Waals surface area contributed by atoms with E-state index >= 15 is 0 Å². The van der Waals surface area contributed by atoms with Gasteiger partial charge in [0.25, 0.3) is 0 Å². The molecule has 0 aliphatic heterocycles. The van der Waals surface area contributed by atoms with Gasteiger partial charge in [-0.25, -0.2) is 0 Å². The Bertz CT molecular complexity index is 1600. The first-order valence-corrected chi connectivity index (χ1v) is 11.3. The molecule has 0 atom stereocenters. The summed E-state index contributed by atoms with van der Waals surface area (Å²) in [6.45, 7) is 3.00. The standard InChI is InChI=1S/C26H22N4OS/c1-16-24(18-9-11-19(31-3)12-10-18)26-25(20-6-4-5-7-23(20)29(26)2)30(16)15-17-8-13-21-22(14-17)28-32-27-21/h4-14H,15H2,1-3H3. The van der Waals surface area contributed by atoms with Gasteiger partial charge >= 0.3 is 0 Å². The van der Waals surface area contributed by atoms with Crippen LogP contribution < -0.4 is 4.74 Å². The molecule has 0 fully saturated rings. The van der Waals surface area contributed by atoms with Crippen LogP contribution in [0.5, 0.6) is 5.75 Å². The molecule has 0 aliphatic rings. The van der Waals surface area contributed by atoms with Crippen LogP contribution in [0.15, 0.2) is 66.7 Å². The number of rotatable bonds is 4. The van der Waals surface area contributed by atoms with E-state index in [0.717, 1.165) is 23.3 Å². The van der Waals surface area contributed by atoms with Crippen molar-refractivity contribution in [1.82, 2.24) is 17.9 Å². The monoisotopic (exact) mass is 438 g/mol. The zero-order valence-corrected chi connectivity index (χ0v) is 19.0. The smallest absolute Gasteiger partial charge is 0.118 e. The molecule has 158 valence electrons. The lowest BCUT2D eigenvalue weighted by atomic mass is 10.1. The molecule has 32 heavy (non-hydrogen) atoms. The molecule has 0 amide bonds. The number of nitrogens with zero attached hydrogens (tertiary/aromatic N) is 4. The second-order valence-electron chi connectivity index (χ2n) is 8.14. The van der Waals surface area contributed by atoms with Gasteiger partial charge in [-0.3, -0.25) is 0 Å².